The number of carbonyl (C=O) groups is 1. The number of aliphatic hydroxyl groups excluding tert-OH is 1. The third-order valence-electron chi connectivity index (χ3n) is 3.76. The Kier molecular flexibility index (Phi) is 3.89. The molecule has 0 heterocycles. The summed E-state index contributed by atoms with van der Waals surface area (Å²) in [5, 5.41) is 22.4. The number of hydrogen-bond acceptors (Lipinski definition) is 4. The molecule has 5 heteroatoms. The van der Waals surface area contributed by atoms with Crippen LogP contribution in [0.15, 0.2) is 18.2 Å². The minimum Gasteiger partial charge on any atom is -0.508 e. The molecule has 1 saturated carbocycles. The van der Waals surface area contributed by atoms with Crippen molar-refractivity contribution in [2.45, 2.75) is 57.7 Å². The monoisotopic (exact) mass is 293 g/mol. The van der Waals surface area contributed by atoms with Gasteiger partial charge in [0.1, 0.15) is 11.4 Å². The summed E-state index contributed by atoms with van der Waals surface area (Å²) >= 11 is 0. The number of phenols is 1. The number of aromatic hydroxyl groups is 1. The topological polar surface area (TPSA) is 78.8 Å². The van der Waals surface area contributed by atoms with E-state index < -0.39 is 17.8 Å². The molecule has 0 aromatic heterocycles. The first-order valence-corrected chi connectivity index (χ1v) is 7.16. The largest absolute Gasteiger partial charge is 0.508 e. The summed E-state index contributed by atoms with van der Waals surface area (Å²) in [4.78, 5) is 11.9. The van der Waals surface area contributed by atoms with Gasteiger partial charge in [-0.2, -0.15) is 0 Å². The number of benzene rings is 1. The molecule has 5 nitrogen and oxygen atoms in total. The highest BCUT2D eigenvalue weighted by Crippen LogP contribution is 2.53. The van der Waals surface area contributed by atoms with Gasteiger partial charge in [-0.1, -0.05) is 0 Å². The Morgan fingerprint density at radius 2 is 2.00 bits per heavy atom. The van der Waals surface area contributed by atoms with Gasteiger partial charge in [-0.25, -0.2) is 4.79 Å². The first kappa shape index (κ1) is 15.6. The molecule has 1 aromatic rings. The first-order chi connectivity index (χ1) is 9.64. The molecular formula is C16H23NO4. The Balaban J connectivity index is 2.27. The van der Waals surface area contributed by atoms with Crippen LogP contribution >= 0.6 is 0 Å². The van der Waals surface area contributed by atoms with Gasteiger partial charge in [0.05, 0.1) is 6.10 Å². The maximum absolute atomic E-state index is 11.9. The van der Waals surface area contributed by atoms with E-state index in [0.29, 0.717) is 5.69 Å². The van der Waals surface area contributed by atoms with E-state index in [4.69, 9.17) is 4.74 Å². The van der Waals surface area contributed by atoms with Crippen molar-refractivity contribution in [2.75, 3.05) is 5.32 Å². The molecule has 0 saturated heterocycles. The molecule has 1 aromatic carbocycles. The van der Waals surface area contributed by atoms with Crippen LogP contribution in [0.4, 0.5) is 10.5 Å². The van der Waals surface area contributed by atoms with Gasteiger partial charge < -0.3 is 14.9 Å². The van der Waals surface area contributed by atoms with Gasteiger partial charge >= 0.3 is 6.09 Å². The zero-order chi connectivity index (χ0) is 15.8. The maximum atomic E-state index is 11.9. The Labute approximate surface area is 124 Å². The van der Waals surface area contributed by atoms with Crippen LogP contribution < -0.4 is 5.32 Å². The van der Waals surface area contributed by atoms with E-state index >= 15 is 0 Å². The Morgan fingerprint density at radius 3 is 2.48 bits per heavy atom. The second kappa shape index (κ2) is 5.22. The van der Waals surface area contributed by atoms with Crippen LogP contribution in [0.1, 0.15) is 46.1 Å². The van der Waals surface area contributed by atoms with Crippen molar-refractivity contribution in [1.82, 2.24) is 0 Å². The first-order valence-electron chi connectivity index (χ1n) is 7.16. The summed E-state index contributed by atoms with van der Waals surface area (Å²) in [7, 11) is 0. The quantitative estimate of drug-likeness (QED) is 0.748. The van der Waals surface area contributed by atoms with Gasteiger partial charge in [0.25, 0.3) is 0 Å². The number of carbonyl (C=O) groups excluding carboxylic acids is 1. The minimum absolute atomic E-state index is 0.117. The van der Waals surface area contributed by atoms with Gasteiger partial charge in [-0.15, -0.1) is 0 Å². The Hall–Kier alpha value is -1.75. The highest BCUT2D eigenvalue weighted by atomic mass is 16.6. The van der Waals surface area contributed by atoms with E-state index in [9.17, 15) is 15.0 Å². The lowest BCUT2D eigenvalue weighted by molar-refractivity contribution is 0.0635. The van der Waals surface area contributed by atoms with E-state index in [1.54, 1.807) is 39.8 Å². The van der Waals surface area contributed by atoms with Gasteiger partial charge in [-0.3, -0.25) is 5.32 Å². The van der Waals surface area contributed by atoms with Gasteiger partial charge in [0, 0.05) is 11.1 Å². The molecule has 1 atom stereocenters. The van der Waals surface area contributed by atoms with Gasteiger partial charge in [-0.05, 0) is 64.3 Å². The van der Waals surface area contributed by atoms with Crippen molar-refractivity contribution < 1.29 is 19.7 Å². The van der Waals surface area contributed by atoms with Gasteiger partial charge in [0.15, 0.2) is 0 Å². The van der Waals surface area contributed by atoms with E-state index in [-0.39, 0.29) is 11.2 Å². The molecule has 0 bridgehead atoms. The lowest BCUT2D eigenvalue weighted by atomic mass is 9.89. The summed E-state index contributed by atoms with van der Waals surface area (Å²) in [6, 6.07) is 4.75. The lowest BCUT2D eigenvalue weighted by Gasteiger charge is -2.24. The number of anilines is 1. The van der Waals surface area contributed by atoms with Crippen LogP contribution in [-0.4, -0.2) is 28.0 Å². The third-order valence-corrected chi connectivity index (χ3v) is 3.76. The number of ether oxygens (including phenoxy) is 1. The standard InChI is InChI=1S/C16H23NO4/c1-10(18)16(7-8-16)12-9-11(19)5-6-13(12)17-14(20)21-15(2,3)4/h5-6,9-10,18-19H,7-8H2,1-4H3,(H,17,20). The van der Waals surface area contributed by atoms with Crippen LogP contribution in [0, 0.1) is 0 Å². The van der Waals surface area contributed by atoms with Crippen molar-refractivity contribution in [3.05, 3.63) is 23.8 Å². The molecule has 0 aliphatic heterocycles. The molecule has 116 valence electrons. The number of hydrogen-bond donors (Lipinski definition) is 3. The molecule has 1 aliphatic carbocycles. The fraction of sp³-hybridized carbons (Fsp3) is 0.562. The molecule has 3 N–H and O–H groups in total. The highest BCUT2D eigenvalue weighted by Gasteiger charge is 2.50. The van der Waals surface area contributed by atoms with Crippen LogP contribution in [0.25, 0.3) is 0 Å². The van der Waals surface area contributed by atoms with Crippen LogP contribution in [-0.2, 0) is 10.2 Å². The molecule has 0 radical (unpaired) electrons. The average molecular weight is 293 g/mol. The van der Waals surface area contributed by atoms with E-state index in [0.717, 1.165) is 18.4 Å². The normalized spacial score (nSPS) is 18.0. The van der Waals surface area contributed by atoms with Crippen molar-refractivity contribution in [3.8, 4) is 5.75 Å². The highest BCUT2D eigenvalue weighted by molar-refractivity contribution is 5.86. The predicted molar refractivity (Wildman–Crippen MR) is 80.6 cm³/mol. The number of amides is 1. The predicted octanol–water partition coefficient (Wildman–Crippen LogP) is 3.15. The van der Waals surface area contributed by atoms with Crippen LogP contribution in [0.3, 0.4) is 0 Å². The average Bonchev–Trinajstić information content (AvgIpc) is 3.10. The summed E-state index contributed by atoms with van der Waals surface area (Å²) < 4.78 is 5.25. The summed E-state index contributed by atoms with van der Waals surface area (Å²) in [5.74, 6) is 0.117. The van der Waals surface area contributed by atoms with Gasteiger partial charge in [0.2, 0.25) is 0 Å². The zero-order valence-corrected chi connectivity index (χ0v) is 12.9. The second-order valence-electron chi connectivity index (χ2n) is 6.69. The third kappa shape index (κ3) is 3.47. The van der Waals surface area contributed by atoms with Crippen LogP contribution in [0.5, 0.6) is 5.75 Å². The Morgan fingerprint density at radius 1 is 1.38 bits per heavy atom. The molecule has 1 fully saturated rings. The molecule has 2 rings (SSSR count). The fourth-order valence-corrected chi connectivity index (χ4v) is 2.51. The fourth-order valence-electron chi connectivity index (χ4n) is 2.51. The molecule has 21 heavy (non-hydrogen) atoms. The van der Waals surface area contributed by atoms with E-state index in [2.05, 4.69) is 5.32 Å². The molecule has 0 spiro atoms. The number of phenolic OH excluding ortho intramolecular Hbond substituents is 1. The molecule has 1 amide bonds. The Bertz CT molecular complexity index is 542. The minimum atomic E-state index is -0.581. The van der Waals surface area contributed by atoms with Crippen molar-refractivity contribution >= 4 is 11.8 Å². The second-order valence-corrected chi connectivity index (χ2v) is 6.69. The number of nitrogens with one attached hydrogen (secondary N) is 1. The van der Waals surface area contributed by atoms with Crippen molar-refractivity contribution in [3.63, 3.8) is 0 Å². The molecule has 1 aliphatic rings. The maximum Gasteiger partial charge on any atom is 0.412 e. The van der Waals surface area contributed by atoms with E-state index in [1.807, 2.05) is 0 Å². The van der Waals surface area contributed by atoms with Crippen LogP contribution in [0.2, 0.25) is 0 Å². The molecule has 1 unspecified atom stereocenters. The summed E-state index contributed by atoms with van der Waals surface area (Å²) in [5.41, 5.74) is 0.356. The zero-order valence-electron chi connectivity index (χ0n) is 12.9. The lowest BCUT2D eigenvalue weighted by Crippen LogP contribution is -2.29. The molecular weight excluding hydrogens is 270 g/mol. The van der Waals surface area contributed by atoms with Crippen molar-refractivity contribution in [2.24, 2.45) is 0 Å². The van der Waals surface area contributed by atoms with Crippen molar-refractivity contribution in [1.29, 1.82) is 0 Å². The summed E-state index contributed by atoms with van der Waals surface area (Å²) in [6.07, 6.45) is 0.572. The SMILES string of the molecule is CC(O)C1(c2cc(O)ccc2NC(=O)OC(C)(C)C)CC1. The smallest absolute Gasteiger partial charge is 0.412 e. The number of aliphatic hydroxyl groups is 1. The number of rotatable bonds is 3. The van der Waals surface area contributed by atoms with E-state index in [1.165, 1.54) is 6.07 Å². The summed E-state index contributed by atoms with van der Waals surface area (Å²) in [6.45, 7) is 7.11.